The number of ether oxygens (including phenoxy) is 2. The Morgan fingerprint density at radius 3 is 2.79 bits per heavy atom. The molecular formula is C13H18ClN3O2. The summed E-state index contributed by atoms with van der Waals surface area (Å²) in [5.74, 6) is 1.19. The molecular weight excluding hydrogens is 266 g/mol. The lowest BCUT2D eigenvalue weighted by Crippen LogP contribution is -2.11. The Labute approximate surface area is 117 Å². The molecule has 0 aliphatic carbocycles. The summed E-state index contributed by atoms with van der Waals surface area (Å²) in [5.41, 5.74) is 2.71. The average molecular weight is 284 g/mol. The summed E-state index contributed by atoms with van der Waals surface area (Å²) in [7, 11) is 1.66. The Bertz CT molecular complexity index is 542. The molecule has 0 unspecified atom stereocenters. The number of alkyl halides is 1. The van der Waals surface area contributed by atoms with Crippen molar-refractivity contribution in [3.05, 3.63) is 23.7 Å². The number of aromatic nitrogens is 3. The molecule has 2 aromatic rings. The first kappa shape index (κ1) is 14.2. The second kappa shape index (κ2) is 6.84. The maximum absolute atomic E-state index is 5.93. The number of fused-ring (bicyclic) bond motifs is 1. The van der Waals surface area contributed by atoms with Crippen LogP contribution >= 0.6 is 11.6 Å². The number of pyridine rings is 1. The average Bonchev–Trinajstić information content (AvgIpc) is 2.76. The van der Waals surface area contributed by atoms with Crippen LogP contribution in [-0.2, 0) is 21.9 Å². The van der Waals surface area contributed by atoms with E-state index in [0.717, 1.165) is 22.7 Å². The molecule has 0 N–H and O–H groups in total. The van der Waals surface area contributed by atoms with Crippen LogP contribution < -0.4 is 0 Å². The zero-order chi connectivity index (χ0) is 13.7. The lowest BCUT2D eigenvalue weighted by Gasteiger charge is -2.08. The highest BCUT2D eigenvalue weighted by Crippen LogP contribution is 2.16. The van der Waals surface area contributed by atoms with Gasteiger partial charge in [-0.05, 0) is 19.1 Å². The van der Waals surface area contributed by atoms with Crippen LogP contribution in [0.3, 0.4) is 0 Å². The van der Waals surface area contributed by atoms with Crippen LogP contribution in [0.5, 0.6) is 0 Å². The largest absolute Gasteiger partial charge is 0.382 e. The first-order valence-corrected chi connectivity index (χ1v) is 6.75. The van der Waals surface area contributed by atoms with Crippen molar-refractivity contribution in [2.75, 3.05) is 26.9 Å². The van der Waals surface area contributed by atoms with E-state index in [9.17, 15) is 0 Å². The molecule has 0 bridgehead atoms. The number of rotatable bonds is 7. The molecule has 5 nitrogen and oxygen atoms in total. The number of hydrogen-bond acceptors (Lipinski definition) is 4. The second-order valence-corrected chi connectivity index (χ2v) is 4.48. The quantitative estimate of drug-likeness (QED) is 0.577. The lowest BCUT2D eigenvalue weighted by molar-refractivity contribution is 0.0667. The first-order valence-electron chi connectivity index (χ1n) is 6.21. The SMILES string of the molecule is COCCOCCn1c(CCl)nc2ccc(C)nc21. The molecule has 0 aliphatic heterocycles. The van der Waals surface area contributed by atoms with Crippen LogP contribution in [0.4, 0.5) is 0 Å². The standard InChI is InChI=1S/C13H18ClN3O2/c1-10-3-4-11-13(15-10)17(12(9-14)16-11)5-6-19-8-7-18-2/h3-4H,5-9H2,1-2H3. The van der Waals surface area contributed by atoms with Crippen molar-refractivity contribution in [2.24, 2.45) is 0 Å². The van der Waals surface area contributed by atoms with Crippen molar-refractivity contribution in [1.29, 1.82) is 0 Å². The van der Waals surface area contributed by atoms with Gasteiger partial charge >= 0.3 is 0 Å². The molecule has 0 amide bonds. The van der Waals surface area contributed by atoms with Gasteiger partial charge in [-0.25, -0.2) is 9.97 Å². The van der Waals surface area contributed by atoms with Gasteiger partial charge in [0.05, 0.1) is 25.7 Å². The summed E-state index contributed by atoms with van der Waals surface area (Å²) in [6.07, 6.45) is 0. The van der Waals surface area contributed by atoms with Crippen LogP contribution in [-0.4, -0.2) is 41.5 Å². The van der Waals surface area contributed by atoms with E-state index in [-0.39, 0.29) is 0 Å². The van der Waals surface area contributed by atoms with Crippen LogP contribution in [0.2, 0.25) is 0 Å². The van der Waals surface area contributed by atoms with E-state index in [4.69, 9.17) is 21.1 Å². The van der Waals surface area contributed by atoms with Crippen LogP contribution in [0, 0.1) is 6.92 Å². The highest BCUT2D eigenvalue weighted by molar-refractivity contribution is 6.16. The molecule has 2 heterocycles. The van der Waals surface area contributed by atoms with Gasteiger partial charge in [0, 0.05) is 19.3 Å². The van der Waals surface area contributed by atoms with Crippen molar-refractivity contribution in [2.45, 2.75) is 19.3 Å². The molecule has 0 saturated heterocycles. The summed E-state index contributed by atoms with van der Waals surface area (Å²) in [6.45, 7) is 4.44. The molecule has 0 aliphatic rings. The molecule has 104 valence electrons. The van der Waals surface area contributed by atoms with E-state index in [0.29, 0.717) is 32.2 Å². The third-order valence-electron chi connectivity index (χ3n) is 2.82. The summed E-state index contributed by atoms with van der Waals surface area (Å²) >= 11 is 5.93. The molecule has 0 spiro atoms. The topological polar surface area (TPSA) is 49.2 Å². The summed E-state index contributed by atoms with van der Waals surface area (Å²) in [6, 6.07) is 3.92. The summed E-state index contributed by atoms with van der Waals surface area (Å²) < 4.78 is 12.4. The molecule has 0 aromatic carbocycles. The van der Waals surface area contributed by atoms with Gasteiger partial charge in [-0.3, -0.25) is 0 Å². The highest BCUT2D eigenvalue weighted by Gasteiger charge is 2.11. The minimum Gasteiger partial charge on any atom is -0.382 e. The second-order valence-electron chi connectivity index (χ2n) is 4.21. The van der Waals surface area contributed by atoms with E-state index >= 15 is 0 Å². The predicted molar refractivity (Wildman–Crippen MR) is 74.5 cm³/mol. The molecule has 0 atom stereocenters. The van der Waals surface area contributed by atoms with Gasteiger partial charge in [-0.1, -0.05) is 0 Å². The molecule has 0 radical (unpaired) electrons. The van der Waals surface area contributed by atoms with E-state index in [2.05, 4.69) is 9.97 Å². The van der Waals surface area contributed by atoms with Gasteiger partial charge in [0.2, 0.25) is 0 Å². The van der Waals surface area contributed by atoms with E-state index in [1.54, 1.807) is 7.11 Å². The van der Waals surface area contributed by atoms with Crippen molar-refractivity contribution in [3.8, 4) is 0 Å². The van der Waals surface area contributed by atoms with Gasteiger partial charge in [-0.2, -0.15) is 0 Å². The minimum atomic E-state index is 0.369. The number of aryl methyl sites for hydroxylation is 1. The fourth-order valence-electron chi connectivity index (χ4n) is 1.88. The minimum absolute atomic E-state index is 0.369. The van der Waals surface area contributed by atoms with Gasteiger partial charge in [0.25, 0.3) is 0 Å². The number of methoxy groups -OCH3 is 1. The molecule has 0 fully saturated rings. The van der Waals surface area contributed by atoms with Crippen molar-refractivity contribution >= 4 is 22.8 Å². The molecule has 19 heavy (non-hydrogen) atoms. The number of halogens is 1. The van der Waals surface area contributed by atoms with Gasteiger partial charge in [-0.15, -0.1) is 11.6 Å². The van der Waals surface area contributed by atoms with Gasteiger partial charge in [0.15, 0.2) is 5.65 Å². The predicted octanol–water partition coefficient (Wildman–Crippen LogP) is 2.14. The van der Waals surface area contributed by atoms with Crippen molar-refractivity contribution in [3.63, 3.8) is 0 Å². The van der Waals surface area contributed by atoms with Gasteiger partial charge in [0.1, 0.15) is 11.3 Å². The Hall–Kier alpha value is -1.17. The van der Waals surface area contributed by atoms with Crippen LogP contribution in [0.25, 0.3) is 11.2 Å². The molecule has 6 heteroatoms. The summed E-state index contributed by atoms with van der Waals surface area (Å²) in [4.78, 5) is 9.00. The fraction of sp³-hybridized carbons (Fsp3) is 0.538. The smallest absolute Gasteiger partial charge is 0.160 e. The fourth-order valence-corrected chi connectivity index (χ4v) is 2.08. The Kier molecular flexibility index (Phi) is 5.13. The highest BCUT2D eigenvalue weighted by atomic mass is 35.5. The third kappa shape index (κ3) is 3.43. The third-order valence-corrected chi connectivity index (χ3v) is 3.06. The number of nitrogens with zero attached hydrogens (tertiary/aromatic N) is 3. The Morgan fingerprint density at radius 2 is 2.05 bits per heavy atom. The van der Waals surface area contributed by atoms with Crippen LogP contribution in [0.15, 0.2) is 12.1 Å². The van der Waals surface area contributed by atoms with E-state index in [1.165, 1.54) is 0 Å². The maximum atomic E-state index is 5.93. The molecule has 2 rings (SSSR count). The number of imidazole rings is 1. The van der Waals surface area contributed by atoms with E-state index < -0.39 is 0 Å². The zero-order valence-electron chi connectivity index (χ0n) is 11.2. The normalized spacial score (nSPS) is 11.3. The van der Waals surface area contributed by atoms with Crippen LogP contribution in [0.1, 0.15) is 11.5 Å². The number of hydrogen-bond donors (Lipinski definition) is 0. The Morgan fingerprint density at radius 1 is 1.21 bits per heavy atom. The van der Waals surface area contributed by atoms with Gasteiger partial charge < -0.3 is 14.0 Å². The molecule has 0 saturated carbocycles. The van der Waals surface area contributed by atoms with Crippen molar-refractivity contribution in [1.82, 2.24) is 14.5 Å². The lowest BCUT2D eigenvalue weighted by atomic mass is 10.3. The first-order chi connectivity index (χ1) is 9.26. The van der Waals surface area contributed by atoms with Crippen molar-refractivity contribution < 1.29 is 9.47 Å². The zero-order valence-corrected chi connectivity index (χ0v) is 12.0. The van der Waals surface area contributed by atoms with E-state index in [1.807, 2.05) is 23.6 Å². The Balaban J connectivity index is 2.13. The maximum Gasteiger partial charge on any atom is 0.160 e. The summed E-state index contributed by atoms with van der Waals surface area (Å²) in [5, 5.41) is 0. The molecule has 2 aromatic heterocycles. The monoisotopic (exact) mass is 283 g/mol.